The lowest BCUT2D eigenvalue weighted by molar-refractivity contribution is -0.139. The van der Waals surface area contributed by atoms with Crippen molar-refractivity contribution in [1.29, 1.82) is 0 Å². The summed E-state index contributed by atoms with van der Waals surface area (Å²) in [6.45, 7) is 1.34. The van der Waals surface area contributed by atoms with Crippen LogP contribution >= 0.6 is 0 Å². The molecule has 0 aromatic heterocycles. The van der Waals surface area contributed by atoms with Crippen LogP contribution in [0.5, 0.6) is 0 Å². The zero-order valence-electron chi connectivity index (χ0n) is 8.85. The van der Waals surface area contributed by atoms with Crippen molar-refractivity contribution < 1.29 is 24.6 Å². The average molecular weight is 238 g/mol. The summed E-state index contributed by atoms with van der Waals surface area (Å²) in [7, 11) is 0. The van der Waals surface area contributed by atoms with E-state index in [2.05, 4.69) is 5.43 Å². The molecule has 0 saturated carbocycles. The first kappa shape index (κ1) is 12.7. The molecule has 1 atom stereocenters. The van der Waals surface area contributed by atoms with E-state index in [4.69, 9.17) is 16.1 Å². The summed E-state index contributed by atoms with van der Waals surface area (Å²) in [5, 5.41) is 17.9. The van der Waals surface area contributed by atoms with Crippen molar-refractivity contribution >= 4 is 17.9 Å². The number of carbonyl (C=O) groups excluding carboxylic acids is 1. The fourth-order valence-electron chi connectivity index (χ4n) is 1.64. The highest BCUT2D eigenvalue weighted by atomic mass is 16.4. The number of nitrogens with two attached hydrogens (primary N) is 1. The van der Waals surface area contributed by atoms with Crippen LogP contribution in [0.2, 0.25) is 0 Å². The molecule has 0 saturated heterocycles. The SMILES string of the molecule is CC1=C(C(=O)O)C=C(NN)C(=C=O)C1C(=O)O. The van der Waals surface area contributed by atoms with E-state index in [1.165, 1.54) is 12.9 Å². The highest BCUT2D eigenvalue weighted by Gasteiger charge is 2.34. The summed E-state index contributed by atoms with van der Waals surface area (Å²) >= 11 is 0. The number of hydrazine groups is 1. The van der Waals surface area contributed by atoms with E-state index in [-0.39, 0.29) is 22.4 Å². The number of rotatable bonds is 3. The molecule has 5 N–H and O–H groups in total. The Labute approximate surface area is 95.9 Å². The van der Waals surface area contributed by atoms with Gasteiger partial charge in [0.25, 0.3) is 0 Å². The lowest BCUT2D eigenvalue weighted by Gasteiger charge is -2.22. The van der Waals surface area contributed by atoms with Crippen molar-refractivity contribution in [1.82, 2.24) is 5.43 Å². The van der Waals surface area contributed by atoms with Crippen LogP contribution in [-0.4, -0.2) is 28.1 Å². The zero-order valence-corrected chi connectivity index (χ0v) is 8.85. The topological polar surface area (TPSA) is 130 Å². The monoisotopic (exact) mass is 238 g/mol. The van der Waals surface area contributed by atoms with Gasteiger partial charge in [0.15, 0.2) is 0 Å². The van der Waals surface area contributed by atoms with Gasteiger partial charge < -0.3 is 15.6 Å². The predicted molar refractivity (Wildman–Crippen MR) is 56.1 cm³/mol. The summed E-state index contributed by atoms with van der Waals surface area (Å²) in [5.41, 5.74) is 1.67. The molecule has 90 valence electrons. The van der Waals surface area contributed by atoms with E-state index >= 15 is 0 Å². The summed E-state index contributed by atoms with van der Waals surface area (Å²) < 4.78 is 0. The molecule has 17 heavy (non-hydrogen) atoms. The highest BCUT2D eigenvalue weighted by Crippen LogP contribution is 2.31. The third-order valence-electron chi connectivity index (χ3n) is 2.47. The Balaban J connectivity index is 3.50. The number of carboxylic acids is 2. The van der Waals surface area contributed by atoms with Crippen molar-refractivity contribution in [3.05, 3.63) is 28.5 Å². The maximum Gasteiger partial charge on any atom is 0.335 e. The van der Waals surface area contributed by atoms with Crippen molar-refractivity contribution in [2.45, 2.75) is 6.92 Å². The van der Waals surface area contributed by atoms with E-state index in [0.29, 0.717) is 0 Å². The second-order valence-electron chi connectivity index (χ2n) is 3.39. The smallest absolute Gasteiger partial charge is 0.335 e. The van der Waals surface area contributed by atoms with Gasteiger partial charge in [0.05, 0.1) is 16.8 Å². The van der Waals surface area contributed by atoms with Crippen LogP contribution in [0.4, 0.5) is 0 Å². The van der Waals surface area contributed by atoms with Crippen LogP contribution in [0.25, 0.3) is 0 Å². The molecule has 1 aliphatic rings. The molecule has 1 aliphatic carbocycles. The molecule has 0 bridgehead atoms. The normalized spacial score (nSPS) is 19.5. The van der Waals surface area contributed by atoms with Gasteiger partial charge in [-0.15, -0.1) is 0 Å². The molecule has 7 nitrogen and oxygen atoms in total. The van der Waals surface area contributed by atoms with Gasteiger partial charge in [0.2, 0.25) is 0 Å². The third-order valence-corrected chi connectivity index (χ3v) is 2.47. The quantitative estimate of drug-likeness (QED) is 0.288. The van der Waals surface area contributed by atoms with E-state index in [9.17, 15) is 14.4 Å². The third kappa shape index (κ3) is 2.10. The number of allylic oxidation sites excluding steroid dienone is 1. The van der Waals surface area contributed by atoms with Gasteiger partial charge in [-0.05, 0) is 18.6 Å². The molecule has 0 radical (unpaired) electrons. The van der Waals surface area contributed by atoms with Crippen molar-refractivity contribution in [3.63, 3.8) is 0 Å². The summed E-state index contributed by atoms with van der Waals surface area (Å²) in [6, 6.07) is 0. The first-order valence-corrected chi connectivity index (χ1v) is 4.54. The lowest BCUT2D eigenvalue weighted by Crippen LogP contribution is -2.32. The Morgan fingerprint density at radius 3 is 2.41 bits per heavy atom. The molecule has 1 unspecified atom stereocenters. The van der Waals surface area contributed by atoms with Gasteiger partial charge in [0.1, 0.15) is 11.9 Å². The first-order valence-electron chi connectivity index (χ1n) is 4.54. The summed E-state index contributed by atoms with van der Waals surface area (Å²) in [4.78, 5) is 32.7. The average Bonchev–Trinajstić information content (AvgIpc) is 2.26. The van der Waals surface area contributed by atoms with Crippen LogP contribution < -0.4 is 11.3 Å². The molecule has 0 fully saturated rings. The number of hydrogen-bond donors (Lipinski definition) is 4. The fourth-order valence-corrected chi connectivity index (χ4v) is 1.64. The Morgan fingerprint density at radius 2 is 2.06 bits per heavy atom. The second-order valence-corrected chi connectivity index (χ2v) is 3.39. The fraction of sp³-hybridized carbons (Fsp3) is 0.200. The van der Waals surface area contributed by atoms with Crippen molar-refractivity contribution in [3.8, 4) is 0 Å². The number of carboxylic acid groups (broad SMARTS) is 2. The molecule has 0 amide bonds. The van der Waals surface area contributed by atoms with Crippen LogP contribution in [0.1, 0.15) is 6.92 Å². The largest absolute Gasteiger partial charge is 0.481 e. The van der Waals surface area contributed by atoms with Crippen LogP contribution in [0.3, 0.4) is 0 Å². The lowest BCUT2D eigenvalue weighted by atomic mass is 9.83. The minimum absolute atomic E-state index is 0.0577. The molecule has 0 spiro atoms. The van der Waals surface area contributed by atoms with Crippen LogP contribution in [0, 0.1) is 5.92 Å². The molecular weight excluding hydrogens is 228 g/mol. The standard InChI is InChI=1S/C10H10N2O5/c1-4-5(9(14)15)2-7(12-11)6(3-13)8(4)10(16)17/h2,8,12H,11H2,1H3,(H,14,15)(H,16,17). The zero-order chi connectivity index (χ0) is 13.2. The Bertz CT molecular complexity index is 497. The van der Waals surface area contributed by atoms with Crippen molar-refractivity contribution in [2.24, 2.45) is 11.8 Å². The summed E-state index contributed by atoms with van der Waals surface area (Å²) in [6.07, 6.45) is 1.11. The van der Waals surface area contributed by atoms with E-state index in [1.54, 1.807) is 0 Å². The first-order chi connectivity index (χ1) is 7.93. The number of hydrogen-bond acceptors (Lipinski definition) is 5. The van der Waals surface area contributed by atoms with Crippen LogP contribution in [-0.2, 0) is 14.4 Å². The maximum absolute atomic E-state index is 11.0. The van der Waals surface area contributed by atoms with Gasteiger partial charge in [-0.3, -0.25) is 10.6 Å². The molecule has 0 aromatic carbocycles. The van der Waals surface area contributed by atoms with Crippen molar-refractivity contribution in [2.75, 3.05) is 0 Å². The highest BCUT2D eigenvalue weighted by molar-refractivity contribution is 5.96. The Morgan fingerprint density at radius 1 is 1.47 bits per heavy atom. The number of nitrogens with one attached hydrogen (secondary N) is 1. The minimum atomic E-state index is -1.35. The molecule has 0 aromatic rings. The van der Waals surface area contributed by atoms with E-state index in [1.807, 2.05) is 0 Å². The van der Waals surface area contributed by atoms with Gasteiger partial charge in [-0.2, -0.15) is 0 Å². The molecule has 0 heterocycles. The minimum Gasteiger partial charge on any atom is -0.481 e. The molecule has 0 aliphatic heterocycles. The second kappa shape index (κ2) is 4.65. The Hall–Kier alpha value is -2.37. The van der Waals surface area contributed by atoms with Gasteiger partial charge in [0, 0.05) is 0 Å². The Kier molecular flexibility index (Phi) is 3.47. The number of aliphatic carboxylic acids is 2. The van der Waals surface area contributed by atoms with Gasteiger partial charge >= 0.3 is 11.9 Å². The van der Waals surface area contributed by atoms with E-state index in [0.717, 1.165) is 6.08 Å². The molecular formula is C10H10N2O5. The maximum atomic E-state index is 11.0. The van der Waals surface area contributed by atoms with Gasteiger partial charge in [-0.25, -0.2) is 9.59 Å². The molecule has 1 rings (SSSR count). The van der Waals surface area contributed by atoms with E-state index < -0.39 is 17.9 Å². The summed E-state index contributed by atoms with van der Waals surface area (Å²) in [5.74, 6) is 2.62. The predicted octanol–water partition coefficient (Wildman–Crippen LogP) is -0.793. The number of carbonyl (C=O) groups is 2. The molecule has 7 heteroatoms. The van der Waals surface area contributed by atoms with Crippen LogP contribution in [0.15, 0.2) is 28.5 Å². The van der Waals surface area contributed by atoms with Gasteiger partial charge in [-0.1, -0.05) is 0 Å².